The first-order valence-corrected chi connectivity index (χ1v) is 8.62. The molecule has 1 atom stereocenters. The van der Waals surface area contributed by atoms with Crippen LogP contribution in [0, 0.1) is 19.7 Å². The number of hydrogen-bond acceptors (Lipinski definition) is 2. The van der Waals surface area contributed by atoms with Gasteiger partial charge >= 0.3 is 0 Å². The van der Waals surface area contributed by atoms with Gasteiger partial charge in [-0.05, 0) is 50.8 Å². The lowest BCUT2D eigenvalue weighted by Crippen LogP contribution is -2.43. The van der Waals surface area contributed by atoms with E-state index in [1.54, 1.807) is 13.1 Å². The lowest BCUT2D eigenvalue weighted by atomic mass is 10.1. The summed E-state index contributed by atoms with van der Waals surface area (Å²) in [6, 6.07) is 7.07. The second-order valence-electron chi connectivity index (χ2n) is 6.36. The molecule has 0 aliphatic rings. The van der Waals surface area contributed by atoms with Crippen LogP contribution in [-0.2, 0) is 19.9 Å². The molecule has 5 nitrogen and oxygen atoms in total. The van der Waals surface area contributed by atoms with Crippen LogP contribution in [-0.4, -0.2) is 35.4 Å². The van der Waals surface area contributed by atoms with Crippen molar-refractivity contribution >= 4 is 5.96 Å². The Hall–Kier alpha value is -2.37. The number of halogens is 1. The van der Waals surface area contributed by atoms with E-state index in [2.05, 4.69) is 34.6 Å². The van der Waals surface area contributed by atoms with Gasteiger partial charge in [-0.1, -0.05) is 18.2 Å². The predicted molar refractivity (Wildman–Crippen MR) is 100 cm³/mol. The molecule has 136 valence electrons. The van der Waals surface area contributed by atoms with Gasteiger partial charge in [-0.3, -0.25) is 9.67 Å². The zero-order valence-corrected chi connectivity index (χ0v) is 15.7. The van der Waals surface area contributed by atoms with Crippen molar-refractivity contribution in [3.8, 4) is 0 Å². The summed E-state index contributed by atoms with van der Waals surface area (Å²) in [5.41, 5.74) is 4.23. The highest BCUT2D eigenvalue weighted by Crippen LogP contribution is 2.14. The van der Waals surface area contributed by atoms with Crippen LogP contribution in [0.1, 0.15) is 29.4 Å². The van der Waals surface area contributed by atoms with Crippen LogP contribution in [0.3, 0.4) is 0 Å². The predicted octanol–water partition coefficient (Wildman–Crippen LogP) is 2.51. The first kappa shape index (κ1) is 19.0. The third kappa shape index (κ3) is 5.05. The zero-order valence-electron chi connectivity index (χ0n) is 15.7. The summed E-state index contributed by atoms with van der Waals surface area (Å²) >= 11 is 0. The molecule has 0 amide bonds. The summed E-state index contributed by atoms with van der Waals surface area (Å²) in [6.45, 7) is 6.87. The van der Waals surface area contributed by atoms with E-state index in [9.17, 15) is 4.39 Å². The van der Waals surface area contributed by atoms with Crippen LogP contribution in [0.2, 0.25) is 0 Å². The Kier molecular flexibility index (Phi) is 6.56. The molecule has 1 heterocycles. The third-order valence-corrected chi connectivity index (χ3v) is 4.42. The first-order chi connectivity index (χ1) is 11.9. The fraction of sp³-hybridized carbons (Fsp3) is 0.474. The molecule has 0 saturated heterocycles. The van der Waals surface area contributed by atoms with E-state index < -0.39 is 0 Å². The molecule has 6 heteroatoms. The molecule has 0 radical (unpaired) electrons. The number of aromatic nitrogens is 2. The minimum absolute atomic E-state index is 0.164. The maximum absolute atomic E-state index is 13.6. The number of aliphatic imine (C=N–C) groups is 1. The number of nitrogens with one attached hydrogen (secondary N) is 2. The van der Waals surface area contributed by atoms with E-state index in [0.29, 0.717) is 18.5 Å². The van der Waals surface area contributed by atoms with Crippen molar-refractivity contribution < 1.29 is 4.39 Å². The Balaban J connectivity index is 1.86. The number of guanidine groups is 1. The maximum Gasteiger partial charge on any atom is 0.191 e. The monoisotopic (exact) mass is 345 g/mol. The molecule has 1 unspecified atom stereocenters. The maximum atomic E-state index is 13.6. The van der Waals surface area contributed by atoms with E-state index in [1.165, 1.54) is 17.3 Å². The standard InChI is InChI=1S/C19H28FN5/c1-13(12-17-14(2)24-25(5)15(17)3)23-19(21-4)22-11-10-16-8-6-7-9-18(16)20/h6-9,13H,10-12H2,1-5H3,(H2,21,22,23). The Labute approximate surface area is 149 Å². The molecule has 1 aromatic heterocycles. The number of benzene rings is 1. The Morgan fingerprint density at radius 3 is 2.64 bits per heavy atom. The second kappa shape index (κ2) is 8.65. The fourth-order valence-corrected chi connectivity index (χ4v) is 2.91. The van der Waals surface area contributed by atoms with Crippen LogP contribution in [0.5, 0.6) is 0 Å². The molecule has 25 heavy (non-hydrogen) atoms. The summed E-state index contributed by atoms with van der Waals surface area (Å²) in [5, 5.41) is 11.1. The highest BCUT2D eigenvalue weighted by molar-refractivity contribution is 5.79. The van der Waals surface area contributed by atoms with Gasteiger partial charge in [-0.2, -0.15) is 5.10 Å². The minimum Gasteiger partial charge on any atom is -0.356 e. The number of rotatable bonds is 6. The van der Waals surface area contributed by atoms with E-state index in [4.69, 9.17) is 0 Å². The largest absolute Gasteiger partial charge is 0.356 e. The van der Waals surface area contributed by atoms with Crippen molar-refractivity contribution in [1.29, 1.82) is 0 Å². The Morgan fingerprint density at radius 1 is 1.32 bits per heavy atom. The van der Waals surface area contributed by atoms with Gasteiger partial charge in [-0.15, -0.1) is 0 Å². The van der Waals surface area contributed by atoms with E-state index in [1.807, 2.05) is 30.8 Å². The third-order valence-electron chi connectivity index (χ3n) is 4.42. The van der Waals surface area contributed by atoms with Crippen molar-refractivity contribution in [2.24, 2.45) is 12.0 Å². The fourth-order valence-electron chi connectivity index (χ4n) is 2.91. The molecule has 0 bridgehead atoms. The average Bonchev–Trinajstić information content (AvgIpc) is 2.82. The van der Waals surface area contributed by atoms with Crippen molar-refractivity contribution in [2.45, 2.75) is 39.7 Å². The lowest BCUT2D eigenvalue weighted by molar-refractivity contribution is 0.603. The zero-order chi connectivity index (χ0) is 18.4. The SMILES string of the molecule is CN=C(NCCc1ccccc1F)NC(C)Cc1c(C)nn(C)c1C. The van der Waals surface area contributed by atoms with Gasteiger partial charge < -0.3 is 10.6 Å². The summed E-state index contributed by atoms with van der Waals surface area (Å²) in [7, 11) is 3.71. The molecule has 0 fully saturated rings. The van der Waals surface area contributed by atoms with Crippen molar-refractivity contribution in [3.05, 3.63) is 52.6 Å². The van der Waals surface area contributed by atoms with Crippen molar-refractivity contribution in [3.63, 3.8) is 0 Å². The van der Waals surface area contributed by atoms with Crippen LogP contribution in [0.4, 0.5) is 4.39 Å². The number of aryl methyl sites for hydroxylation is 2. The van der Waals surface area contributed by atoms with Gasteiger partial charge in [0.05, 0.1) is 5.69 Å². The van der Waals surface area contributed by atoms with Crippen LogP contribution in [0.25, 0.3) is 0 Å². The summed E-state index contributed by atoms with van der Waals surface area (Å²) in [4.78, 5) is 4.25. The Morgan fingerprint density at radius 2 is 2.04 bits per heavy atom. The van der Waals surface area contributed by atoms with E-state index in [0.717, 1.165) is 18.1 Å². The molecule has 2 N–H and O–H groups in total. The highest BCUT2D eigenvalue weighted by Gasteiger charge is 2.14. The molecule has 0 aliphatic heterocycles. The molecule has 0 saturated carbocycles. The van der Waals surface area contributed by atoms with Gasteiger partial charge in [-0.25, -0.2) is 4.39 Å². The smallest absolute Gasteiger partial charge is 0.191 e. The molecule has 0 aliphatic carbocycles. The van der Waals surface area contributed by atoms with Crippen molar-refractivity contribution in [1.82, 2.24) is 20.4 Å². The van der Waals surface area contributed by atoms with E-state index in [-0.39, 0.29) is 11.9 Å². The molecule has 2 aromatic rings. The van der Waals surface area contributed by atoms with Crippen LogP contribution < -0.4 is 10.6 Å². The molecular weight excluding hydrogens is 317 g/mol. The average molecular weight is 345 g/mol. The topological polar surface area (TPSA) is 54.2 Å². The summed E-state index contributed by atoms with van der Waals surface area (Å²) < 4.78 is 15.6. The van der Waals surface area contributed by atoms with Gasteiger partial charge in [0.2, 0.25) is 0 Å². The minimum atomic E-state index is -0.164. The first-order valence-electron chi connectivity index (χ1n) is 8.62. The van der Waals surface area contributed by atoms with Gasteiger partial charge in [0.15, 0.2) is 5.96 Å². The lowest BCUT2D eigenvalue weighted by Gasteiger charge is -2.18. The second-order valence-corrected chi connectivity index (χ2v) is 6.36. The summed E-state index contributed by atoms with van der Waals surface area (Å²) in [6.07, 6.45) is 1.49. The number of nitrogens with zero attached hydrogens (tertiary/aromatic N) is 3. The quantitative estimate of drug-likeness (QED) is 0.625. The van der Waals surface area contributed by atoms with Crippen LogP contribution in [0.15, 0.2) is 29.3 Å². The van der Waals surface area contributed by atoms with Gasteiger partial charge in [0.1, 0.15) is 5.82 Å². The normalized spacial score (nSPS) is 13.0. The molecule has 0 spiro atoms. The number of hydrogen-bond donors (Lipinski definition) is 2. The summed E-state index contributed by atoms with van der Waals surface area (Å²) in [5.74, 6) is 0.561. The molecular formula is C19H28FN5. The molecule has 1 aromatic carbocycles. The van der Waals surface area contributed by atoms with Gasteiger partial charge in [0, 0.05) is 32.4 Å². The van der Waals surface area contributed by atoms with Crippen molar-refractivity contribution in [2.75, 3.05) is 13.6 Å². The van der Waals surface area contributed by atoms with E-state index >= 15 is 0 Å². The molecule has 2 rings (SSSR count). The van der Waals surface area contributed by atoms with Crippen LogP contribution >= 0.6 is 0 Å². The Bertz CT molecular complexity index is 735. The highest BCUT2D eigenvalue weighted by atomic mass is 19.1. The van der Waals surface area contributed by atoms with Gasteiger partial charge in [0.25, 0.3) is 0 Å².